The standard InChI is InChI=1S/C20H24O4/c1-6-12-19(3,4)17(22)11-8-7-10-13-15(11)20(12,5)14(9(2)21)16(13)24-18(10)23/h6-7,11-16H,1,8H2,2-5H3/t11-,12+,13+,14-,15-,16+,20+/m1/s1. The van der Waals surface area contributed by atoms with Crippen LogP contribution < -0.4 is 0 Å². The Morgan fingerprint density at radius 1 is 1.33 bits per heavy atom. The van der Waals surface area contributed by atoms with Gasteiger partial charge in [0.25, 0.3) is 0 Å². The maximum Gasteiger partial charge on any atom is 0.334 e. The molecule has 0 aromatic rings. The molecule has 3 aliphatic carbocycles. The Balaban J connectivity index is 2.00. The van der Waals surface area contributed by atoms with E-state index >= 15 is 0 Å². The minimum Gasteiger partial charge on any atom is -0.458 e. The highest BCUT2D eigenvalue weighted by atomic mass is 16.6. The van der Waals surface area contributed by atoms with Crippen LogP contribution in [-0.4, -0.2) is 23.6 Å². The van der Waals surface area contributed by atoms with Gasteiger partial charge in [0.05, 0.1) is 5.92 Å². The van der Waals surface area contributed by atoms with Gasteiger partial charge in [-0.1, -0.05) is 32.9 Å². The molecule has 1 aliphatic heterocycles. The summed E-state index contributed by atoms with van der Waals surface area (Å²) in [6.45, 7) is 11.6. The summed E-state index contributed by atoms with van der Waals surface area (Å²) in [6, 6.07) is 0. The molecule has 4 aliphatic rings. The number of esters is 1. The third-order valence-corrected chi connectivity index (χ3v) is 7.41. The SMILES string of the molecule is C=C[C@H]1C(C)(C)C(=O)[C@@H]2CC=C3C(=O)O[C@H]4[C@@H]3[C@@H]2[C@]1(C)[C@@H]4C(C)=O. The van der Waals surface area contributed by atoms with Crippen LogP contribution in [0.4, 0.5) is 0 Å². The summed E-state index contributed by atoms with van der Waals surface area (Å²) < 4.78 is 5.67. The molecule has 0 unspecified atom stereocenters. The van der Waals surface area contributed by atoms with Crippen LogP contribution >= 0.6 is 0 Å². The molecule has 4 nitrogen and oxygen atoms in total. The summed E-state index contributed by atoms with van der Waals surface area (Å²) in [7, 11) is 0. The van der Waals surface area contributed by atoms with Crippen LogP contribution in [0.5, 0.6) is 0 Å². The van der Waals surface area contributed by atoms with Gasteiger partial charge in [0, 0.05) is 22.8 Å². The van der Waals surface area contributed by atoms with Crippen molar-refractivity contribution in [2.75, 3.05) is 0 Å². The predicted molar refractivity (Wildman–Crippen MR) is 87.8 cm³/mol. The maximum absolute atomic E-state index is 13.2. The smallest absolute Gasteiger partial charge is 0.334 e. The number of rotatable bonds is 2. The van der Waals surface area contributed by atoms with Crippen LogP contribution in [0.15, 0.2) is 24.3 Å². The Bertz CT molecular complexity index is 715. The first-order valence-electron chi connectivity index (χ1n) is 8.75. The third kappa shape index (κ3) is 1.49. The molecule has 7 atom stereocenters. The molecule has 0 bridgehead atoms. The highest BCUT2D eigenvalue weighted by Gasteiger charge is 2.74. The number of Topliss-reactive ketones (excluding diaryl/α,β-unsaturated/α-hetero) is 2. The van der Waals surface area contributed by atoms with Crippen molar-refractivity contribution in [3.05, 3.63) is 24.3 Å². The monoisotopic (exact) mass is 328 g/mol. The molecule has 2 saturated carbocycles. The van der Waals surface area contributed by atoms with Crippen molar-refractivity contribution in [2.45, 2.75) is 40.2 Å². The van der Waals surface area contributed by atoms with Crippen molar-refractivity contribution in [3.63, 3.8) is 0 Å². The van der Waals surface area contributed by atoms with Gasteiger partial charge in [0.1, 0.15) is 17.7 Å². The number of hydrogen-bond acceptors (Lipinski definition) is 4. The average molecular weight is 328 g/mol. The fourth-order valence-corrected chi connectivity index (χ4v) is 6.80. The number of ether oxygens (including phenoxy) is 1. The lowest BCUT2D eigenvalue weighted by molar-refractivity contribution is -0.160. The summed E-state index contributed by atoms with van der Waals surface area (Å²) >= 11 is 0. The molecule has 4 rings (SSSR count). The van der Waals surface area contributed by atoms with Crippen LogP contribution in [0.25, 0.3) is 0 Å². The molecular weight excluding hydrogens is 304 g/mol. The molecule has 128 valence electrons. The molecule has 0 spiro atoms. The van der Waals surface area contributed by atoms with E-state index in [1.54, 1.807) is 6.92 Å². The lowest BCUT2D eigenvalue weighted by Crippen LogP contribution is -2.59. The highest BCUT2D eigenvalue weighted by Crippen LogP contribution is 2.70. The van der Waals surface area contributed by atoms with Gasteiger partial charge in [0.2, 0.25) is 0 Å². The molecule has 4 heteroatoms. The average Bonchev–Trinajstić information content (AvgIpc) is 2.94. The summed E-state index contributed by atoms with van der Waals surface area (Å²) in [5.74, 6) is -0.812. The van der Waals surface area contributed by atoms with Crippen molar-refractivity contribution in [1.82, 2.24) is 0 Å². The maximum atomic E-state index is 13.2. The van der Waals surface area contributed by atoms with Crippen molar-refractivity contribution >= 4 is 17.5 Å². The number of carbonyl (C=O) groups excluding carboxylic acids is 3. The van der Waals surface area contributed by atoms with Crippen LogP contribution in [0, 0.1) is 40.4 Å². The first kappa shape index (κ1) is 15.8. The van der Waals surface area contributed by atoms with Crippen molar-refractivity contribution < 1.29 is 19.1 Å². The second-order valence-electron chi connectivity index (χ2n) is 8.68. The van der Waals surface area contributed by atoms with E-state index in [0.29, 0.717) is 12.0 Å². The normalized spacial score (nSPS) is 47.8. The van der Waals surface area contributed by atoms with Crippen LogP contribution in [0.3, 0.4) is 0 Å². The molecule has 0 N–H and O–H groups in total. The zero-order valence-corrected chi connectivity index (χ0v) is 14.7. The molecule has 1 saturated heterocycles. The van der Waals surface area contributed by atoms with E-state index in [-0.39, 0.29) is 47.1 Å². The van der Waals surface area contributed by atoms with Gasteiger partial charge in [-0.3, -0.25) is 9.59 Å². The van der Waals surface area contributed by atoms with Gasteiger partial charge < -0.3 is 4.74 Å². The molecule has 0 radical (unpaired) electrons. The Morgan fingerprint density at radius 2 is 2.00 bits per heavy atom. The quantitative estimate of drug-likeness (QED) is 0.578. The molecule has 1 heterocycles. The van der Waals surface area contributed by atoms with Gasteiger partial charge in [-0.15, -0.1) is 6.58 Å². The number of hydrogen-bond donors (Lipinski definition) is 0. The van der Waals surface area contributed by atoms with Crippen LogP contribution in [-0.2, 0) is 19.1 Å². The Kier molecular flexibility index (Phi) is 2.94. The first-order valence-corrected chi connectivity index (χ1v) is 8.75. The fraction of sp³-hybridized carbons (Fsp3) is 0.650. The Morgan fingerprint density at radius 3 is 2.58 bits per heavy atom. The molecule has 3 fully saturated rings. The summed E-state index contributed by atoms with van der Waals surface area (Å²) in [4.78, 5) is 38.1. The Hall–Kier alpha value is -1.71. The van der Waals surface area contributed by atoms with E-state index in [1.165, 1.54) is 0 Å². The molecular formula is C20H24O4. The second kappa shape index (κ2) is 4.47. The van der Waals surface area contributed by atoms with E-state index < -0.39 is 16.9 Å². The van der Waals surface area contributed by atoms with Crippen LogP contribution in [0.1, 0.15) is 34.1 Å². The summed E-state index contributed by atoms with van der Waals surface area (Å²) in [5.41, 5.74) is -0.295. The number of allylic oxidation sites excluding steroid dienone is 2. The highest BCUT2D eigenvalue weighted by molar-refractivity contribution is 5.97. The van der Waals surface area contributed by atoms with Gasteiger partial charge in [-0.05, 0) is 30.6 Å². The lowest BCUT2D eigenvalue weighted by Gasteiger charge is -2.56. The van der Waals surface area contributed by atoms with E-state index in [9.17, 15) is 14.4 Å². The van der Waals surface area contributed by atoms with E-state index in [2.05, 4.69) is 13.5 Å². The molecule has 0 aromatic heterocycles. The predicted octanol–water partition coefficient (Wildman–Crippen LogP) is 2.73. The lowest BCUT2D eigenvalue weighted by atomic mass is 9.45. The van der Waals surface area contributed by atoms with E-state index in [1.807, 2.05) is 26.0 Å². The van der Waals surface area contributed by atoms with Gasteiger partial charge in [-0.25, -0.2) is 4.79 Å². The van der Waals surface area contributed by atoms with Gasteiger partial charge in [-0.2, -0.15) is 0 Å². The summed E-state index contributed by atoms with van der Waals surface area (Å²) in [5, 5.41) is 0. The topological polar surface area (TPSA) is 60.4 Å². The number of ketones is 2. The largest absolute Gasteiger partial charge is 0.458 e. The third-order valence-electron chi connectivity index (χ3n) is 7.41. The zero-order chi connectivity index (χ0) is 17.6. The first-order chi connectivity index (χ1) is 11.2. The minimum atomic E-state index is -0.570. The fourth-order valence-electron chi connectivity index (χ4n) is 6.80. The van der Waals surface area contributed by atoms with Crippen molar-refractivity contribution in [3.8, 4) is 0 Å². The Labute approximate surface area is 142 Å². The van der Waals surface area contributed by atoms with Crippen LogP contribution in [0.2, 0.25) is 0 Å². The van der Waals surface area contributed by atoms with Crippen molar-refractivity contribution in [2.24, 2.45) is 40.4 Å². The summed E-state index contributed by atoms with van der Waals surface area (Å²) in [6.07, 6.45) is 3.89. The molecule has 0 amide bonds. The zero-order valence-electron chi connectivity index (χ0n) is 14.7. The van der Waals surface area contributed by atoms with Crippen molar-refractivity contribution in [1.29, 1.82) is 0 Å². The minimum absolute atomic E-state index is 0.0219. The molecule has 24 heavy (non-hydrogen) atoms. The van der Waals surface area contributed by atoms with E-state index in [4.69, 9.17) is 4.74 Å². The molecule has 0 aromatic carbocycles. The van der Waals surface area contributed by atoms with Gasteiger partial charge in [0.15, 0.2) is 0 Å². The van der Waals surface area contributed by atoms with Gasteiger partial charge >= 0.3 is 5.97 Å². The number of carbonyl (C=O) groups is 3. The second-order valence-corrected chi connectivity index (χ2v) is 8.68. The van der Waals surface area contributed by atoms with E-state index in [0.717, 1.165) is 0 Å².